The van der Waals surface area contributed by atoms with Crippen LogP contribution in [0.4, 0.5) is 13.2 Å². The first-order chi connectivity index (χ1) is 12.1. The Morgan fingerprint density at radius 3 is 2.46 bits per heavy atom. The number of carbonyl (C=O) groups is 2. The van der Waals surface area contributed by atoms with E-state index in [0.29, 0.717) is 0 Å². The molecule has 0 amide bonds. The topological polar surface area (TPSA) is 52.6 Å². The minimum atomic E-state index is -4.48. The fourth-order valence-electron chi connectivity index (χ4n) is 2.67. The smallest absolute Gasteiger partial charge is 0.416 e. The van der Waals surface area contributed by atoms with Crippen molar-refractivity contribution in [3.8, 4) is 11.5 Å². The number of carbonyl (C=O) groups excluding carboxylic acids is 2. The zero-order valence-corrected chi connectivity index (χ0v) is 14.0. The lowest BCUT2D eigenvalue weighted by Crippen LogP contribution is -2.46. The molecule has 0 aromatic heterocycles. The van der Waals surface area contributed by atoms with Gasteiger partial charge < -0.3 is 9.47 Å². The van der Waals surface area contributed by atoms with Crippen molar-refractivity contribution < 1.29 is 32.2 Å². The summed E-state index contributed by atoms with van der Waals surface area (Å²) in [4.78, 5) is 24.0. The molecule has 1 aliphatic rings. The van der Waals surface area contributed by atoms with E-state index in [1.165, 1.54) is 50.2 Å². The Morgan fingerprint density at radius 2 is 1.77 bits per heavy atom. The van der Waals surface area contributed by atoms with Crippen molar-refractivity contribution >= 4 is 11.6 Å². The number of halogens is 3. The van der Waals surface area contributed by atoms with E-state index in [2.05, 4.69) is 0 Å². The van der Waals surface area contributed by atoms with Crippen LogP contribution in [0.2, 0.25) is 0 Å². The quantitative estimate of drug-likeness (QED) is 0.766. The Hall–Kier alpha value is -2.83. The van der Waals surface area contributed by atoms with E-state index in [9.17, 15) is 22.8 Å². The molecule has 0 fully saturated rings. The molecular weight excluding hydrogens is 349 g/mol. The maximum atomic E-state index is 13.0. The Balaban J connectivity index is 1.84. The molecule has 2 aromatic rings. The molecule has 0 spiro atoms. The molecule has 0 N–H and O–H groups in total. The van der Waals surface area contributed by atoms with Crippen LogP contribution < -0.4 is 9.47 Å². The highest BCUT2D eigenvalue weighted by molar-refractivity contribution is 6.47. The van der Waals surface area contributed by atoms with Gasteiger partial charge in [0, 0.05) is 11.6 Å². The van der Waals surface area contributed by atoms with Gasteiger partial charge in [0.15, 0.2) is 5.60 Å². The van der Waals surface area contributed by atoms with E-state index in [4.69, 9.17) is 9.47 Å². The van der Waals surface area contributed by atoms with Crippen LogP contribution in [0.15, 0.2) is 42.5 Å². The first-order valence-electron chi connectivity index (χ1n) is 7.80. The number of hydrogen-bond acceptors (Lipinski definition) is 4. The van der Waals surface area contributed by atoms with Crippen LogP contribution >= 0.6 is 0 Å². The summed E-state index contributed by atoms with van der Waals surface area (Å²) in [6, 6.07) is 9.32. The highest BCUT2D eigenvalue weighted by Crippen LogP contribution is 2.35. The lowest BCUT2D eigenvalue weighted by atomic mass is 9.91. The maximum Gasteiger partial charge on any atom is 0.416 e. The summed E-state index contributed by atoms with van der Waals surface area (Å²) >= 11 is 0. The molecule has 0 saturated carbocycles. The molecule has 0 aliphatic carbocycles. The lowest BCUT2D eigenvalue weighted by Gasteiger charge is -2.30. The van der Waals surface area contributed by atoms with Gasteiger partial charge in [-0.1, -0.05) is 18.2 Å². The van der Waals surface area contributed by atoms with Crippen molar-refractivity contribution in [3.05, 3.63) is 59.2 Å². The predicted octanol–water partition coefficient (Wildman–Crippen LogP) is 4.21. The second-order valence-electron chi connectivity index (χ2n) is 6.37. The van der Waals surface area contributed by atoms with Gasteiger partial charge in [-0.2, -0.15) is 13.2 Å². The van der Waals surface area contributed by atoms with Gasteiger partial charge in [0.1, 0.15) is 18.1 Å². The summed E-state index contributed by atoms with van der Waals surface area (Å²) in [5.74, 6) is -0.914. The van der Waals surface area contributed by atoms with Crippen LogP contribution in [-0.4, -0.2) is 17.2 Å². The molecule has 1 aliphatic heterocycles. The van der Waals surface area contributed by atoms with Gasteiger partial charge in [-0.15, -0.1) is 0 Å². The number of alkyl halides is 3. The largest absolute Gasteiger partial charge is 0.489 e. The van der Waals surface area contributed by atoms with Gasteiger partial charge >= 0.3 is 6.18 Å². The van der Waals surface area contributed by atoms with E-state index in [0.717, 1.165) is 6.07 Å². The molecule has 0 radical (unpaired) electrons. The van der Waals surface area contributed by atoms with Crippen LogP contribution in [0.5, 0.6) is 11.5 Å². The molecule has 136 valence electrons. The molecule has 0 atom stereocenters. The minimum Gasteiger partial charge on any atom is -0.489 e. The third-order valence-corrected chi connectivity index (χ3v) is 4.03. The molecule has 0 saturated heterocycles. The average molecular weight is 364 g/mol. The van der Waals surface area contributed by atoms with Crippen molar-refractivity contribution in [2.24, 2.45) is 0 Å². The van der Waals surface area contributed by atoms with Crippen molar-refractivity contribution in [2.75, 3.05) is 0 Å². The number of hydrogen-bond donors (Lipinski definition) is 0. The maximum absolute atomic E-state index is 13.0. The van der Waals surface area contributed by atoms with Gasteiger partial charge in [-0.05, 0) is 32.0 Å². The lowest BCUT2D eigenvalue weighted by molar-refractivity contribution is -0.138. The van der Waals surface area contributed by atoms with E-state index in [1.807, 2.05) is 0 Å². The highest BCUT2D eigenvalue weighted by atomic mass is 19.4. The molecule has 1 heterocycles. The van der Waals surface area contributed by atoms with E-state index >= 15 is 0 Å². The molecule has 2 aromatic carbocycles. The van der Waals surface area contributed by atoms with Gasteiger partial charge in [-0.3, -0.25) is 9.59 Å². The predicted molar refractivity (Wildman–Crippen MR) is 86.3 cm³/mol. The number of ether oxygens (including phenoxy) is 2. The van der Waals surface area contributed by atoms with E-state index in [1.54, 1.807) is 0 Å². The number of benzene rings is 2. The number of Topliss-reactive ketones (excluding diaryl/α,β-unsaturated/α-hetero) is 2. The SMILES string of the molecule is CC1(C)Oc2cc(OCc3ccccc3C(F)(F)F)ccc2C(=O)C1=O. The molecular formula is C19H15F3O4. The van der Waals surface area contributed by atoms with Gasteiger partial charge in [0.25, 0.3) is 0 Å². The summed E-state index contributed by atoms with van der Waals surface area (Å²) in [7, 11) is 0. The number of fused-ring (bicyclic) bond motifs is 1. The zero-order valence-electron chi connectivity index (χ0n) is 14.0. The average Bonchev–Trinajstić information content (AvgIpc) is 2.57. The van der Waals surface area contributed by atoms with Crippen LogP contribution in [0.3, 0.4) is 0 Å². The van der Waals surface area contributed by atoms with Crippen molar-refractivity contribution in [1.82, 2.24) is 0 Å². The summed E-state index contributed by atoms with van der Waals surface area (Å²) in [5.41, 5.74) is -1.97. The summed E-state index contributed by atoms with van der Waals surface area (Å²) in [6.45, 7) is 2.65. The summed E-state index contributed by atoms with van der Waals surface area (Å²) in [5, 5.41) is 0. The normalized spacial score (nSPS) is 16.0. The second-order valence-corrected chi connectivity index (χ2v) is 6.37. The summed E-state index contributed by atoms with van der Waals surface area (Å²) < 4.78 is 50.0. The first-order valence-corrected chi connectivity index (χ1v) is 7.80. The number of rotatable bonds is 3. The van der Waals surface area contributed by atoms with Crippen molar-refractivity contribution in [3.63, 3.8) is 0 Å². The first kappa shape index (κ1) is 18.0. The standard InChI is InChI=1S/C19H15F3O4/c1-18(2)17(24)16(23)13-8-7-12(9-15(13)26-18)25-10-11-5-3-4-6-14(11)19(20,21)22/h3-9H,10H2,1-2H3. The van der Waals surface area contributed by atoms with Gasteiger partial charge in [0.05, 0.1) is 11.1 Å². The second kappa shape index (κ2) is 6.16. The number of ketones is 2. The fourth-order valence-corrected chi connectivity index (χ4v) is 2.67. The highest BCUT2D eigenvalue weighted by Gasteiger charge is 2.42. The minimum absolute atomic E-state index is 0.00905. The Kier molecular flexibility index (Phi) is 4.26. The molecule has 7 heteroatoms. The third kappa shape index (κ3) is 3.29. The van der Waals surface area contributed by atoms with Crippen molar-refractivity contribution in [2.45, 2.75) is 32.2 Å². The zero-order chi connectivity index (χ0) is 19.1. The van der Waals surface area contributed by atoms with E-state index < -0.39 is 28.9 Å². The third-order valence-electron chi connectivity index (χ3n) is 4.03. The van der Waals surface area contributed by atoms with Gasteiger partial charge in [0.2, 0.25) is 11.6 Å². The van der Waals surface area contributed by atoms with Crippen LogP contribution in [0, 0.1) is 0 Å². The molecule has 0 unspecified atom stereocenters. The fraction of sp³-hybridized carbons (Fsp3) is 0.263. The Morgan fingerprint density at radius 1 is 1.08 bits per heavy atom. The van der Waals surface area contributed by atoms with Crippen LogP contribution in [-0.2, 0) is 17.6 Å². The Labute approximate surface area is 147 Å². The van der Waals surface area contributed by atoms with Crippen LogP contribution in [0.1, 0.15) is 35.3 Å². The van der Waals surface area contributed by atoms with E-state index in [-0.39, 0.29) is 29.2 Å². The van der Waals surface area contributed by atoms with Crippen LogP contribution in [0.25, 0.3) is 0 Å². The summed E-state index contributed by atoms with van der Waals surface area (Å²) in [6.07, 6.45) is -4.48. The van der Waals surface area contributed by atoms with Gasteiger partial charge in [-0.25, -0.2) is 0 Å². The monoisotopic (exact) mass is 364 g/mol. The Bertz CT molecular complexity index is 885. The molecule has 4 nitrogen and oxygen atoms in total. The van der Waals surface area contributed by atoms with Crippen molar-refractivity contribution in [1.29, 1.82) is 0 Å². The molecule has 3 rings (SSSR count). The molecule has 0 bridgehead atoms. The molecule has 26 heavy (non-hydrogen) atoms.